The molecule has 4 atom stereocenters. The van der Waals surface area contributed by atoms with Gasteiger partial charge in [0.2, 0.25) is 11.8 Å². The van der Waals surface area contributed by atoms with E-state index in [-0.39, 0.29) is 18.2 Å². The zero-order valence-corrected chi connectivity index (χ0v) is 26.2. The van der Waals surface area contributed by atoms with Crippen molar-refractivity contribution >= 4 is 40.1 Å². The van der Waals surface area contributed by atoms with Crippen molar-refractivity contribution in [3.8, 4) is 0 Å². The van der Waals surface area contributed by atoms with Gasteiger partial charge in [0.25, 0.3) is 11.8 Å². The van der Waals surface area contributed by atoms with Crippen molar-refractivity contribution in [1.29, 1.82) is 0 Å². The minimum absolute atomic E-state index is 0.269. The average molecular weight is 636 g/mol. The number of nitrogens with two attached hydrogens (primary N) is 1. The van der Waals surface area contributed by atoms with Gasteiger partial charge in [-0.2, -0.15) is 0 Å². The van der Waals surface area contributed by atoms with E-state index in [1.807, 2.05) is 103 Å². The smallest absolute Gasteiger partial charge is 0.253 e. The largest absolute Gasteiger partial charge is 0.354 e. The summed E-state index contributed by atoms with van der Waals surface area (Å²) >= 11 is 0. The second-order valence-electron chi connectivity index (χ2n) is 11.7. The van der Waals surface area contributed by atoms with Crippen molar-refractivity contribution in [3.63, 3.8) is 0 Å². The van der Waals surface area contributed by atoms with Crippen molar-refractivity contribution in [1.82, 2.24) is 16.0 Å². The number of benzene rings is 4. The molecule has 47 heavy (non-hydrogen) atoms. The van der Waals surface area contributed by atoms with E-state index < -0.39 is 36.1 Å². The van der Waals surface area contributed by atoms with Gasteiger partial charge in [0, 0.05) is 18.7 Å². The van der Waals surface area contributed by atoms with Crippen LogP contribution in [-0.2, 0) is 36.8 Å². The van der Waals surface area contributed by atoms with Crippen molar-refractivity contribution in [2.45, 2.75) is 56.4 Å². The molecule has 0 unspecified atom stereocenters. The van der Waals surface area contributed by atoms with Crippen LogP contribution < -0.4 is 27.0 Å². The Morgan fingerprint density at radius 3 is 1.98 bits per heavy atom. The van der Waals surface area contributed by atoms with E-state index in [0.717, 1.165) is 21.9 Å². The maximum Gasteiger partial charge on any atom is 0.253 e. The van der Waals surface area contributed by atoms with Gasteiger partial charge >= 0.3 is 0 Å². The molecule has 4 aromatic carbocycles. The predicted molar refractivity (Wildman–Crippen MR) is 181 cm³/mol. The van der Waals surface area contributed by atoms with Crippen LogP contribution in [-0.4, -0.2) is 61.0 Å². The highest BCUT2D eigenvalue weighted by Gasteiger charge is 2.51. The van der Waals surface area contributed by atoms with Crippen LogP contribution >= 0.6 is 0 Å². The molecule has 1 saturated heterocycles. The highest BCUT2D eigenvalue weighted by molar-refractivity contribution is 6.01. The molecular formula is C37H41N5O5. The lowest BCUT2D eigenvalue weighted by molar-refractivity contribution is -0.129. The highest BCUT2D eigenvalue weighted by atomic mass is 16.6. The summed E-state index contributed by atoms with van der Waals surface area (Å²) in [6.45, 7) is 0.868. The molecule has 4 amide bonds. The van der Waals surface area contributed by atoms with Gasteiger partial charge in [-0.3, -0.25) is 19.2 Å². The van der Waals surface area contributed by atoms with Gasteiger partial charge in [-0.15, -0.1) is 0 Å². The van der Waals surface area contributed by atoms with Crippen LogP contribution in [0.25, 0.3) is 10.8 Å². The van der Waals surface area contributed by atoms with Crippen LogP contribution in [0.2, 0.25) is 0 Å². The molecule has 1 fully saturated rings. The fourth-order valence-electron chi connectivity index (χ4n) is 5.43. The number of nitrogens with one attached hydrogen (secondary N) is 4. The topological polar surface area (TPSA) is 155 Å². The summed E-state index contributed by atoms with van der Waals surface area (Å²) in [5, 5.41) is 13.4. The number of hydrogen-bond acceptors (Lipinski definition) is 6. The molecule has 0 aliphatic carbocycles. The molecule has 5 rings (SSSR count). The van der Waals surface area contributed by atoms with E-state index in [9.17, 15) is 19.2 Å². The van der Waals surface area contributed by atoms with Gasteiger partial charge in [-0.25, -0.2) is 0 Å². The number of rotatable bonds is 16. The van der Waals surface area contributed by atoms with Crippen LogP contribution in [0.4, 0.5) is 5.69 Å². The van der Waals surface area contributed by atoms with E-state index in [1.165, 1.54) is 0 Å². The third-order valence-electron chi connectivity index (χ3n) is 8.08. The van der Waals surface area contributed by atoms with E-state index in [2.05, 4.69) is 21.3 Å². The fourth-order valence-corrected chi connectivity index (χ4v) is 5.43. The summed E-state index contributed by atoms with van der Waals surface area (Å²) in [5.41, 5.74) is 8.23. The number of ether oxygens (including phenoxy) is 1. The first kappa shape index (κ1) is 33.3. The number of unbranched alkanes of at least 4 members (excludes halogenated alkanes) is 1. The van der Waals surface area contributed by atoms with Gasteiger partial charge in [-0.1, -0.05) is 91.0 Å². The van der Waals surface area contributed by atoms with Gasteiger partial charge < -0.3 is 31.7 Å². The van der Waals surface area contributed by atoms with E-state index in [4.69, 9.17) is 10.5 Å². The van der Waals surface area contributed by atoms with Crippen LogP contribution in [0.5, 0.6) is 0 Å². The Balaban J connectivity index is 1.18. The molecule has 0 saturated carbocycles. The normalized spacial score (nSPS) is 16.4. The number of carbonyl (C=O) groups excluding carboxylic acids is 4. The van der Waals surface area contributed by atoms with E-state index in [1.54, 1.807) is 0 Å². The zero-order valence-electron chi connectivity index (χ0n) is 26.2. The Labute approximate surface area is 274 Å². The minimum atomic E-state index is -1.07. The Morgan fingerprint density at radius 1 is 0.681 bits per heavy atom. The molecule has 0 aromatic heterocycles. The number of fused-ring (bicyclic) bond motifs is 1. The molecule has 4 aromatic rings. The Morgan fingerprint density at radius 2 is 1.30 bits per heavy atom. The maximum atomic E-state index is 13.3. The van der Waals surface area contributed by atoms with Crippen LogP contribution in [0.3, 0.4) is 0 Å². The maximum absolute atomic E-state index is 13.3. The first-order chi connectivity index (χ1) is 22.9. The molecule has 1 heterocycles. The van der Waals surface area contributed by atoms with Crippen molar-refractivity contribution in [3.05, 3.63) is 114 Å². The average Bonchev–Trinajstić information content (AvgIpc) is 3.90. The van der Waals surface area contributed by atoms with Crippen molar-refractivity contribution in [2.75, 3.05) is 18.4 Å². The zero-order chi connectivity index (χ0) is 33.0. The molecule has 10 heteroatoms. The third kappa shape index (κ3) is 9.71. The lowest BCUT2D eigenvalue weighted by atomic mass is 10.0. The number of hydrogen-bond donors (Lipinski definition) is 5. The van der Waals surface area contributed by atoms with Gasteiger partial charge in [0.15, 0.2) is 12.2 Å². The molecule has 0 radical (unpaired) electrons. The summed E-state index contributed by atoms with van der Waals surface area (Å²) in [6, 6.07) is 30.9. The Bertz CT molecular complexity index is 1670. The molecule has 6 N–H and O–H groups in total. The Kier molecular flexibility index (Phi) is 11.7. The number of amides is 4. The highest BCUT2D eigenvalue weighted by Crippen LogP contribution is 2.24. The number of anilines is 1. The first-order valence-corrected chi connectivity index (χ1v) is 16.0. The first-order valence-electron chi connectivity index (χ1n) is 16.0. The molecule has 244 valence electrons. The molecule has 0 bridgehead atoms. The molecule has 1 aliphatic rings. The fraction of sp³-hybridized carbons (Fsp3) is 0.297. The molecule has 0 spiro atoms. The molecule has 1 aliphatic heterocycles. The van der Waals surface area contributed by atoms with Crippen LogP contribution in [0.15, 0.2) is 103 Å². The molecular weight excluding hydrogens is 594 g/mol. The SMILES string of the molecule is NCCCC[C@H](NC(=O)[C@@H]1O[C@H]1C(=O)N[C@@H](Cc1ccccc1)C(=O)NCCc1ccccc1)C(=O)Nc1ccc2ccccc2c1. The van der Waals surface area contributed by atoms with Crippen molar-refractivity contribution in [2.24, 2.45) is 5.73 Å². The monoisotopic (exact) mass is 635 g/mol. The number of carbonyl (C=O) groups is 4. The van der Waals surface area contributed by atoms with E-state index in [0.29, 0.717) is 44.5 Å². The standard InChI is InChI=1S/C37H41N5O5/c38-21-10-9-17-30(35(44)40-29-19-18-27-15-7-8-16-28(27)24-29)41-36(45)32-33(47-32)37(46)42-31(23-26-13-5-2-6-14-26)34(43)39-22-20-25-11-3-1-4-12-25/h1-8,11-16,18-19,24,30-33H,9-10,17,20-23,38H2,(H,39,43)(H,40,44)(H,41,45)(H,42,46)/t30-,31-,32+,33+/m0/s1. The van der Waals surface area contributed by atoms with Gasteiger partial charge in [0.05, 0.1) is 0 Å². The lowest BCUT2D eigenvalue weighted by Crippen LogP contribution is -2.50. The van der Waals surface area contributed by atoms with Crippen LogP contribution in [0.1, 0.15) is 30.4 Å². The quantitative estimate of drug-likeness (QED) is 0.0941. The second-order valence-corrected chi connectivity index (χ2v) is 11.7. The van der Waals surface area contributed by atoms with Crippen molar-refractivity contribution < 1.29 is 23.9 Å². The minimum Gasteiger partial charge on any atom is -0.354 e. The predicted octanol–water partition coefficient (Wildman–Crippen LogP) is 3.25. The second kappa shape index (κ2) is 16.5. The summed E-state index contributed by atoms with van der Waals surface area (Å²) < 4.78 is 5.48. The lowest BCUT2D eigenvalue weighted by Gasteiger charge is -2.19. The van der Waals surface area contributed by atoms with Gasteiger partial charge in [0.1, 0.15) is 12.1 Å². The van der Waals surface area contributed by atoms with Crippen LogP contribution in [0, 0.1) is 0 Å². The third-order valence-corrected chi connectivity index (χ3v) is 8.08. The summed E-state index contributed by atoms with van der Waals surface area (Å²) in [6.07, 6.45) is 0.463. The summed E-state index contributed by atoms with van der Waals surface area (Å²) in [7, 11) is 0. The summed E-state index contributed by atoms with van der Waals surface area (Å²) in [5.74, 6) is -1.83. The number of epoxide rings is 1. The summed E-state index contributed by atoms with van der Waals surface area (Å²) in [4.78, 5) is 52.9. The molecule has 10 nitrogen and oxygen atoms in total. The van der Waals surface area contributed by atoms with Gasteiger partial charge in [-0.05, 0) is 66.3 Å². The van der Waals surface area contributed by atoms with E-state index >= 15 is 0 Å². The Hall–Kier alpha value is -5.06.